The molecule has 6 heterocycles. The Kier molecular flexibility index (Phi) is 7.04. The van der Waals surface area contributed by atoms with Gasteiger partial charge in [-0.3, -0.25) is 23.4 Å². The highest BCUT2D eigenvalue weighted by Gasteiger charge is 2.50. The van der Waals surface area contributed by atoms with Crippen LogP contribution in [0.15, 0.2) is 30.0 Å². The average molecular weight is 659 g/mol. The van der Waals surface area contributed by atoms with Gasteiger partial charge in [0.05, 0.1) is 37.6 Å². The normalized spacial score (nSPS) is 34.9. The average Bonchev–Trinajstić information content (AvgIpc) is 3.71. The van der Waals surface area contributed by atoms with E-state index >= 15 is 4.39 Å². The summed E-state index contributed by atoms with van der Waals surface area (Å²) in [6, 6.07) is -0.886. The number of hydrogen-bond donors (Lipinski definition) is 4. The molecule has 43 heavy (non-hydrogen) atoms. The van der Waals surface area contributed by atoms with E-state index in [1.807, 2.05) is 0 Å². The number of fused-ring (bicyclic) bond motifs is 5. The highest BCUT2D eigenvalue weighted by atomic mass is 32.7. The molecule has 2 aliphatic heterocycles. The van der Waals surface area contributed by atoms with Crippen molar-refractivity contribution in [3.8, 4) is 0 Å². The predicted molar refractivity (Wildman–Crippen MR) is 148 cm³/mol. The molecule has 230 valence electrons. The molecule has 4 N–H and O–H groups in total. The second-order valence-corrected chi connectivity index (χ2v) is 14.6. The summed E-state index contributed by atoms with van der Waals surface area (Å²) in [6.45, 7) is -4.89. The van der Waals surface area contributed by atoms with Crippen molar-refractivity contribution in [2.24, 2.45) is 5.92 Å². The van der Waals surface area contributed by atoms with Gasteiger partial charge in [0.2, 0.25) is 5.95 Å². The molecule has 18 nitrogen and oxygen atoms in total. The van der Waals surface area contributed by atoms with Gasteiger partial charge in [0.25, 0.3) is 5.56 Å². The van der Waals surface area contributed by atoms with Crippen molar-refractivity contribution in [2.75, 3.05) is 18.9 Å². The zero-order valence-electron chi connectivity index (χ0n) is 21.8. The summed E-state index contributed by atoms with van der Waals surface area (Å²) in [5.41, 5.74) is 5.87. The number of imidazole rings is 2. The van der Waals surface area contributed by atoms with Crippen LogP contribution in [-0.2, 0) is 32.8 Å². The maximum atomic E-state index is 16.0. The Bertz CT molecular complexity index is 1920. The molecule has 1 aliphatic carbocycles. The summed E-state index contributed by atoms with van der Waals surface area (Å²) in [6.07, 6.45) is -0.874. The molecule has 22 heteroatoms. The quantitative estimate of drug-likeness (QED) is 0.169. The summed E-state index contributed by atoms with van der Waals surface area (Å²) in [7, 11) is -4.46. The largest absolute Gasteiger partial charge is 0.386 e. The number of alkyl halides is 1. The van der Waals surface area contributed by atoms with Gasteiger partial charge < -0.3 is 15.0 Å². The van der Waals surface area contributed by atoms with Gasteiger partial charge in [-0.2, -0.15) is 18.1 Å². The number of nitrogens with one attached hydrogen (secondary N) is 2. The van der Waals surface area contributed by atoms with Gasteiger partial charge in [0.15, 0.2) is 23.0 Å². The van der Waals surface area contributed by atoms with Gasteiger partial charge in [-0.05, 0) is 6.42 Å². The molecular formula is C21H24FN10O8PS2. The van der Waals surface area contributed by atoms with Crippen molar-refractivity contribution in [1.29, 1.82) is 0 Å². The molecule has 0 aromatic carbocycles. The molecule has 1 saturated carbocycles. The lowest BCUT2D eigenvalue weighted by Gasteiger charge is -2.26. The van der Waals surface area contributed by atoms with Crippen molar-refractivity contribution in [1.82, 2.24) is 43.8 Å². The number of halogens is 1. The number of aromatic nitrogens is 8. The van der Waals surface area contributed by atoms with E-state index in [0.29, 0.717) is 11.2 Å². The van der Waals surface area contributed by atoms with Crippen LogP contribution in [0.5, 0.6) is 0 Å². The van der Waals surface area contributed by atoms with Crippen LogP contribution in [0.25, 0.3) is 22.3 Å². The van der Waals surface area contributed by atoms with E-state index in [1.165, 1.54) is 34.3 Å². The summed E-state index contributed by atoms with van der Waals surface area (Å²) >= 11 is 4.07. The molecule has 3 aliphatic rings. The number of aromatic amines is 1. The number of hydrogen-bond acceptors (Lipinski definition) is 14. The minimum atomic E-state index is -4.46. The number of nitrogens with zero attached hydrogens (tertiary/aromatic N) is 7. The molecule has 0 amide bonds. The standard InChI is InChI=1S/C21H24FN10O8PS2/c22-14-12(31-7-26-11-4-24-6-25-17(11)31)1-9-3-28-43(35,36)40-13-2-10(5-37-41(34,42)39-16(9)14)38-20(13)32-8-27-15-18(32)29-21(23)30-19(15)33/h4,6-10,12-14,16,20,28H,1-3,5H2,(H,34,42)(H3,23,29,30,33)/t9-,10+,12-,13-,14+,16-,20-,41-/m1/s1. The monoisotopic (exact) mass is 658 g/mol. The zero-order valence-corrected chi connectivity index (χ0v) is 24.4. The Labute approximate surface area is 246 Å². The molecule has 0 radical (unpaired) electrons. The predicted octanol–water partition coefficient (Wildman–Crippen LogP) is 0.401. The molecule has 0 spiro atoms. The van der Waals surface area contributed by atoms with Gasteiger partial charge in [0, 0.05) is 18.9 Å². The molecule has 7 rings (SSSR count). The lowest BCUT2D eigenvalue weighted by molar-refractivity contribution is -0.0427. The van der Waals surface area contributed by atoms with Crippen LogP contribution in [0.3, 0.4) is 0 Å². The van der Waals surface area contributed by atoms with Crippen LogP contribution >= 0.6 is 19.0 Å². The summed E-state index contributed by atoms with van der Waals surface area (Å²) in [5.74, 6) is -1.01. The molecule has 4 aromatic rings. The van der Waals surface area contributed by atoms with Crippen molar-refractivity contribution >= 4 is 57.6 Å². The van der Waals surface area contributed by atoms with Crippen LogP contribution in [0.4, 0.5) is 10.3 Å². The van der Waals surface area contributed by atoms with Crippen LogP contribution < -0.4 is 16.0 Å². The van der Waals surface area contributed by atoms with E-state index in [1.54, 1.807) is 0 Å². The zero-order chi connectivity index (χ0) is 30.1. The Hall–Kier alpha value is -3.04. The van der Waals surface area contributed by atoms with E-state index in [2.05, 4.69) is 46.9 Å². The topological polar surface area (TPSA) is 233 Å². The number of thiol groups is 1. The highest BCUT2D eigenvalue weighted by Crippen LogP contribution is 2.58. The third kappa shape index (κ3) is 5.33. The minimum Gasteiger partial charge on any atom is -0.369 e. The van der Waals surface area contributed by atoms with Crippen molar-refractivity contribution < 1.29 is 35.3 Å². The number of rotatable bonds is 2. The SMILES string of the molecule is Nc1nc2c(ncn2[C@@H]2O[C@@H]3CO[P@@](=O)(S)O[C@@H]4[C@@H](CNS(=O)(=O)O[C@@H]2C3)C[C@@H](n2cnc3cncnc32)[C@@H]4F)c(=O)[nH]1. The first kappa shape index (κ1) is 28.7. The Morgan fingerprint density at radius 2 is 1.98 bits per heavy atom. The number of nitrogens with two attached hydrogens (primary N) is 1. The Morgan fingerprint density at radius 3 is 2.81 bits per heavy atom. The van der Waals surface area contributed by atoms with E-state index in [-0.39, 0.29) is 43.1 Å². The summed E-state index contributed by atoms with van der Waals surface area (Å²) in [5, 5.41) is 0. The summed E-state index contributed by atoms with van der Waals surface area (Å²) < 4.78 is 83.4. The minimum absolute atomic E-state index is 0.0298. The number of H-pyrrole nitrogens is 1. The van der Waals surface area contributed by atoms with E-state index < -0.39 is 65.3 Å². The van der Waals surface area contributed by atoms with Crippen LogP contribution in [0, 0.1) is 5.92 Å². The first-order valence-corrected chi connectivity index (χ1v) is 17.1. The molecule has 0 unspecified atom stereocenters. The third-order valence-corrected chi connectivity index (χ3v) is 10.2. The molecule has 3 fully saturated rings. The Morgan fingerprint density at radius 1 is 1.16 bits per heavy atom. The van der Waals surface area contributed by atoms with E-state index in [9.17, 15) is 17.8 Å². The summed E-state index contributed by atoms with van der Waals surface area (Å²) in [4.78, 5) is 35.0. The maximum Gasteiger partial charge on any atom is 0.386 e. The van der Waals surface area contributed by atoms with Gasteiger partial charge in [0.1, 0.15) is 30.2 Å². The Balaban J connectivity index is 1.19. The van der Waals surface area contributed by atoms with Crippen molar-refractivity contribution in [2.45, 2.75) is 49.6 Å². The molecule has 4 aromatic heterocycles. The highest BCUT2D eigenvalue weighted by molar-refractivity contribution is 8.44. The van der Waals surface area contributed by atoms with E-state index in [0.717, 1.165) is 0 Å². The second-order valence-electron chi connectivity index (χ2n) is 10.3. The molecule has 8 atom stereocenters. The van der Waals surface area contributed by atoms with E-state index in [4.69, 9.17) is 23.7 Å². The first-order chi connectivity index (χ1) is 20.5. The fourth-order valence-electron chi connectivity index (χ4n) is 5.74. The number of ether oxygens (including phenoxy) is 1. The number of anilines is 1. The van der Waals surface area contributed by atoms with Gasteiger partial charge in [-0.1, -0.05) is 12.2 Å². The van der Waals surface area contributed by atoms with Crippen LogP contribution in [0.1, 0.15) is 25.1 Å². The fourth-order valence-corrected chi connectivity index (χ4v) is 8.27. The van der Waals surface area contributed by atoms with Gasteiger partial charge in [-0.15, -0.1) is 0 Å². The van der Waals surface area contributed by atoms with Crippen LogP contribution in [-0.4, -0.2) is 85.1 Å². The third-order valence-electron chi connectivity index (χ3n) is 7.61. The second kappa shape index (κ2) is 10.5. The lowest BCUT2D eigenvalue weighted by Crippen LogP contribution is -2.38. The first-order valence-electron chi connectivity index (χ1n) is 13.0. The lowest BCUT2D eigenvalue weighted by atomic mass is 10.1. The van der Waals surface area contributed by atoms with Gasteiger partial charge in [-0.25, -0.2) is 33.1 Å². The maximum absolute atomic E-state index is 16.0. The fraction of sp³-hybridized carbons (Fsp3) is 0.524. The molecule has 2 bridgehead atoms. The van der Waals surface area contributed by atoms with Crippen LogP contribution in [0.2, 0.25) is 0 Å². The van der Waals surface area contributed by atoms with Crippen molar-refractivity contribution in [3.63, 3.8) is 0 Å². The van der Waals surface area contributed by atoms with Crippen molar-refractivity contribution in [3.05, 3.63) is 35.5 Å². The smallest absolute Gasteiger partial charge is 0.369 e. The molecule has 2 saturated heterocycles. The number of nitrogen functional groups attached to an aromatic ring is 1. The molecular weight excluding hydrogens is 634 g/mol. The van der Waals surface area contributed by atoms with Gasteiger partial charge >= 0.3 is 17.1 Å².